The predicted molar refractivity (Wildman–Crippen MR) is 87.7 cm³/mol. The van der Waals surface area contributed by atoms with Gasteiger partial charge >= 0.3 is 0 Å². The Hall–Kier alpha value is -1.33. The fourth-order valence-electron chi connectivity index (χ4n) is 2.42. The summed E-state index contributed by atoms with van der Waals surface area (Å²) in [7, 11) is 0. The van der Waals surface area contributed by atoms with Crippen molar-refractivity contribution >= 4 is 24.1 Å². The molecule has 1 aliphatic heterocycles. The minimum atomic E-state index is -0.406. The van der Waals surface area contributed by atoms with Crippen molar-refractivity contribution in [1.82, 2.24) is 10.3 Å². The Labute approximate surface area is 132 Å². The first-order valence-corrected chi connectivity index (χ1v) is 7.44. The third-order valence-corrected chi connectivity index (χ3v) is 3.64. The minimum Gasteiger partial charge on any atom is -0.357 e. The van der Waals surface area contributed by atoms with E-state index < -0.39 is 6.04 Å². The maximum Gasteiger partial charge on any atom is 0.237 e. The highest BCUT2D eigenvalue weighted by atomic mass is 35.5. The van der Waals surface area contributed by atoms with Crippen molar-refractivity contribution in [2.45, 2.75) is 45.2 Å². The van der Waals surface area contributed by atoms with Crippen LogP contribution in [0.4, 0.5) is 5.82 Å². The second kappa shape index (κ2) is 8.85. The van der Waals surface area contributed by atoms with E-state index in [0.717, 1.165) is 37.3 Å². The highest BCUT2D eigenvalue weighted by Crippen LogP contribution is 2.17. The molecule has 0 aliphatic carbocycles. The lowest BCUT2D eigenvalue weighted by molar-refractivity contribution is -0.122. The first-order valence-electron chi connectivity index (χ1n) is 7.44. The van der Waals surface area contributed by atoms with Crippen LogP contribution in [0.3, 0.4) is 0 Å². The molecule has 1 amide bonds. The van der Waals surface area contributed by atoms with Crippen LogP contribution in [0.15, 0.2) is 18.3 Å². The lowest BCUT2D eigenvalue weighted by Gasteiger charge is -2.16. The zero-order valence-electron chi connectivity index (χ0n) is 12.5. The first-order chi connectivity index (χ1) is 9.70. The van der Waals surface area contributed by atoms with E-state index in [1.54, 1.807) is 0 Å². The third-order valence-electron chi connectivity index (χ3n) is 3.64. The zero-order valence-corrected chi connectivity index (χ0v) is 13.4. The van der Waals surface area contributed by atoms with E-state index in [4.69, 9.17) is 5.73 Å². The van der Waals surface area contributed by atoms with Gasteiger partial charge in [-0.25, -0.2) is 4.98 Å². The molecule has 1 unspecified atom stereocenters. The Morgan fingerprint density at radius 1 is 1.43 bits per heavy atom. The van der Waals surface area contributed by atoms with E-state index >= 15 is 0 Å². The van der Waals surface area contributed by atoms with E-state index in [9.17, 15) is 4.79 Å². The van der Waals surface area contributed by atoms with Crippen molar-refractivity contribution in [3.63, 3.8) is 0 Å². The van der Waals surface area contributed by atoms with Crippen molar-refractivity contribution in [3.8, 4) is 0 Å². The Morgan fingerprint density at radius 2 is 2.14 bits per heavy atom. The van der Waals surface area contributed by atoms with Gasteiger partial charge in [0, 0.05) is 25.8 Å². The third kappa shape index (κ3) is 5.17. The van der Waals surface area contributed by atoms with Gasteiger partial charge in [0.15, 0.2) is 0 Å². The number of aromatic nitrogens is 1. The average molecular weight is 313 g/mol. The minimum absolute atomic E-state index is 0. The maximum absolute atomic E-state index is 11.7. The predicted octanol–water partition coefficient (Wildman–Crippen LogP) is 1.85. The summed E-state index contributed by atoms with van der Waals surface area (Å²) in [6.07, 6.45) is 5.96. The van der Waals surface area contributed by atoms with Gasteiger partial charge in [-0.3, -0.25) is 4.79 Å². The van der Waals surface area contributed by atoms with E-state index in [1.165, 1.54) is 12.8 Å². The summed E-state index contributed by atoms with van der Waals surface area (Å²) in [4.78, 5) is 18.5. The van der Waals surface area contributed by atoms with Crippen LogP contribution in [0.1, 0.15) is 38.2 Å². The fourth-order valence-corrected chi connectivity index (χ4v) is 2.42. The molecule has 3 N–H and O–H groups in total. The molecular formula is C15H25ClN4O. The van der Waals surface area contributed by atoms with Crippen molar-refractivity contribution in [1.29, 1.82) is 0 Å². The number of hydrogen-bond acceptors (Lipinski definition) is 4. The van der Waals surface area contributed by atoms with Gasteiger partial charge < -0.3 is 16.0 Å². The Balaban J connectivity index is 0.00000220. The summed E-state index contributed by atoms with van der Waals surface area (Å²) < 4.78 is 0. The number of nitrogens with one attached hydrogen (secondary N) is 1. The number of hydrogen-bond donors (Lipinski definition) is 2. The molecule has 1 aliphatic rings. The molecule has 0 aromatic carbocycles. The van der Waals surface area contributed by atoms with Crippen molar-refractivity contribution in [2.75, 3.05) is 18.0 Å². The van der Waals surface area contributed by atoms with Gasteiger partial charge in [-0.05, 0) is 30.9 Å². The number of nitrogens with two attached hydrogens (primary N) is 1. The van der Waals surface area contributed by atoms with E-state index in [0.29, 0.717) is 6.54 Å². The SMILES string of the molecule is CCCC(N)C(=O)NCc1ccc(N2CCCC2)nc1.Cl. The summed E-state index contributed by atoms with van der Waals surface area (Å²) in [6, 6.07) is 3.64. The van der Waals surface area contributed by atoms with Gasteiger partial charge in [0.1, 0.15) is 5.82 Å². The molecule has 1 saturated heterocycles. The summed E-state index contributed by atoms with van der Waals surface area (Å²) in [5.74, 6) is 0.940. The van der Waals surface area contributed by atoms with E-state index in [1.807, 2.05) is 25.3 Å². The van der Waals surface area contributed by atoms with Crippen molar-refractivity contribution in [2.24, 2.45) is 5.73 Å². The molecule has 2 rings (SSSR count). The number of halogens is 1. The summed E-state index contributed by atoms with van der Waals surface area (Å²) in [5.41, 5.74) is 6.77. The van der Waals surface area contributed by atoms with Gasteiger partial charge in [0.25, 0.3) is 0 Å². The largest absolute Gasteiger partial charge is 0.357 e. The molecule has 1 aromatic heterocycles. The Morgan fingerprint density at radius 3 is 2.71 bits per heavy atom. The van der Waals surface area contributed by atoms with E-state index in [-0.39, 0.29) is 18.3 Å². The number of pyridine rings is 1. The molecule has 5 nitrogen and oxygen atoms in total. The highest BCUT2D eigenvalue weighted by Gasteiger charge is 2.14. The highest BCUT2D eigenvalue weighted by molar-refractivity contribution is 5.85. The van der Waals surface area contributed by atoms with Crippen LogP contribution in [0.2, 0.25) is 0 Å². The number of carbonyl (C=O) groups excluding carboxylic acids is 1. The lowest BCUT2D eigenvalue weighted by atomic mass is 10.1. The van der Waals surface area contributed by atoms with Gasteiger partial charge in [-0.15, -0.1) is 12.4 Å². The second-order valence-corrected chi connectivity index (χ2v) is 5.33. The first kappa shape index (κ1) is 17.7. The van der Waals surface area contributed by atoms with Crippen LogP contribution in [-0.4, -0.2) is 30.0 Å². The number of rotatable bonds is 6. The molecule has 118 valence electrons. The lowest BCUT2D eigenvalue weighted by Crippen LogP contribution is -2.40. The van der Waals surface area contributed by atoms with Crippen LogP contribution in [0, 0.1) is 0 Å². The fraction of sp³-hybridized carbons (Fsp3) is 0.600. The molecule has 6 heteroatoms. The molecule has 1 atom stereocenters. The number of carbonyl (C=O) groups is 1. The van der Waals surface area contributed by atoms with Gasteiger partial charge in [0.05, 0.1) is 6.04 Å². The molecule has 0 saturated carbocycles. The molecule has 0 radical (unpaired) electrons. The summed E-state index contributed by atoms with van der Waals surface area (Å²) in [5, 5.41) is 2.85. The molecule has 1 aromatic rings. The average Bonchev–Trinajstić information content (AvgIpc) is 2.99. The van der Waals surface area contributed by atoms with Crippen LogP contribution in [0.5, 0.6) is 0 Å². The Bertz CT molecular complexity index is 432. The summed E-state index contributed by atoms with van der Waals surface area (Å²) in [6.45, 7) is 4.70. The summed E-state index contributed by atoms with van der Waals surface area (Å²) >= 11 is 0. The molecule has 0 spiro atoms. The van der Waals surface area contributed by atoms with Crippen LogP contribution in [-0.2, 0) is 11.3 Å². The van der Waals surface area contributed by atoms with Gasteiger partial charge in [-0.1, -0.05) is 19.4 Å². The van der Waals surface area contributed by atoms with Gasteiger partial charge in [-0.2, -0.15) is 0 Å². The molecule has 21 heavy (non-hydrogen) atoms. The van der Waals surface area contributed by atoms with Crippen LogP contribution in [0.25, 0.3) is 0 Å². The topological polar surface area (TPSA) is 71.2 Å². The molecule has 0 bridgehead atoms. The molecule has 1 fully saturated rings. The quantitative estimate of drug-likeness (QED) is 0.841. The standard InChI is InChI=1S/C15H24N4O.ClH/c1-2-5-13(16)15(20)18-11-12-6-7-14(17-10-12)19-8-3-4-9-19;/h6-7,10,13H,2-5,8-9,11,16H2,1H3,(H,18,20);1H. The van der Waals surface area contributed by atoms with Crippen molar-refractivity contribution in [3.05, 3.63) is 23.9 Å². The smallest absolute Gasteiger partial charge is 0.237 e. The monoisotopic (exact) mass is 312 g/mol. The number of nitrogens with zero attached hydrogens (tertiary/aromatic N) is 2. The van der Waals surface area contributed by atoms with Crippen LogP contribution >= 0.6 is 12.4 Å². The normalized spacial score (nSPS) is 15.4. The Kier molecular flexibility index (Phi) is 7.47. The second-order valence-electron chi connectivity index (χ2n) is 5.33. The zero-order chi connectivity index (χ0) is 14.4. The van der Waals surface area contributed by atoms with Crippen molar-refractivity contribution < 1.29 is 4.79 Å². The number of anilines is 1. The maximum atomic E-state index is 11.7. The van der Waals surface area contributed by atoms with E-state index in [2.05, 4.69) is 15.2 Å². The number of amides is 1. The van der Waals surface area contributed by atoms with Gasteiger partial charge in [0.2, 0.25) is 5.91 Å². The molecular weight excluding hydrogens is 288 g/mol. The van der Waals surface area contributed by atoms with Crippen LogP contribution < -0.4 is 16.0 Å². The molecule has 2 heterocycles.